The Hall–Kier alpha value is -0.120. The van der Waals surface area contributed by atoms with Gasteiger partial charge in [-0.1, -0.05) is 34.6 Å². The summed E-state index contributed by atoms with van der Waals surface area (Å²) in [5.41, 5.74) is 0.335. The number of hydrogen-bond donors (Lipinski definition) is 1. The van der Waals surface area contributed by atoms with Gasteiger partial charge in [-0.3, -0.25) is 4.90 Å². The largest absolute Gasteiger partial charge is 0.315 e. The van der Waals surface area contributed by atoms with E-state index in [0.717, 1.165) is 6.04 Å². The summed E-state index contributed by atoms with van der Waals surface area (Å²) in [5, 5.41) is 3.49. The fraction of sp³-hybridized carbons (Fsp3) is 1.00. The predicted molar refractivity (Wildman–Crippen MR) is 80.1 cm³/mol. The average molecular weight is 255 g/mol. The van der Waals surface area contributed by atoms with Crippen LogP contribution < -0.4 is 5.32 Å². The van der Waals surface area contributed by atoms with Gasteiger partial charge in [-0.2, -0.15) is 0 Å². The minimum Gasteiger partial charge on any atom is -0.315 e. The smallest absolute Gasteiger partial charge is 0.0240 e. The normalized spacial score (nSPS) is 23.8. The number of likely N-dealkylation sites (tertiary alicyclic amines) is 1. The molecular formula is C15H33N3. The second-order valence-corrected chi connectivity index (χ2v) is 6.63. The lowest BCUT2D eigenvalue weighted by molar-refractivity contribution is 0.178. The Morgan fingerprint density at radius 3 is 2.33 bits per heavy atom. The number of nitrogens with one attached hydrogen (secondary N) is 1. The van der Waals surface area contributed by atoms with E-state index in [0.29, 0.717) is 11.5 Å². The first-order valence-corrected chi connectivity index (χ1v) is 7.56. The van der Waals surface area contributed by atoms with Crippen molar-refractivity contribution < 1.29 is 0 Å². The van der Waals surface area contributed by atoms with Gasteiger partial charge in [-0.15, -0.1) is 0 Å². The molecule has 0 spiro atoms. The first-order chi connectivity index (χ1) is 8.42. The number of nitrogens with zero attached hydrogens (tertiary/aromatic N) is 2. The van der Waals surface area contributed by atoms with Gasteiger partial charge in [0.15, 0.2) is 0 Å². The molecular weight excluding hydrogens is 222 g/mol. The molecule has 3 heteroatoms. The molecule has 0 aromatic carbocycles. The molecule has 108 valence electrons. The van der Waals surface area contributed by atoms with Crippen LogP contribution in [0, 0.1) is 5.41 Å². The lowest BCUT2D eigenvalue weighted by Crippen LogP contribution is -2.47. The Morgan fingerprint density at radius 1 is 1.28 bits per heavy atom. The van der Waals surface area contributed by atoms with Crippen molar-refractivity contribution in [2.45, 2.75) is 53.1 Å². The van der Waals surface area contributed by atoms with E-state index in [1.54, 1.807) is 0 Å². The van der Waals surface area contributed by atoms with Crippen molar-refractivity contribution in [1.29, 1.82) is 0 Å². The molecule has 0 aromatic heterocycles. The van der Waals surface area contributed by atoms with Gasteiger partial charge in [0.2, 0.25) is 0 Å². The van der Waals surface area contributed by atoms with Crippen LogP contribution in [0.2, 0.25) is 0 Å². The molecule has 2 unspecified atom stereocenters. The van der Waals surface area contributed by atoms with E-state index in [1.165, 1.54) is 39.1 Å². The van der Waals surface area contributed by atoms with Crippen molar-refractivity contribution in [3.63, 3.8) is 0 Å². The fourth-order valence-corrected chi connectivity index (χ4v) is 3.07. The van der Waals surface area contributed by atoms with Gasteiger partial charge in [0.25, 0.3) is 0 Å². The standard InChI is InChI=1S/C15H33N3/c1-7-18(8-2)13-9-10-17(11-13)12-14(16-6)15(3,4)5/h13-14,16H,7-12H2,1-6H3. The maximum atomic E-state index is 3.49. The zero-order valence-electron chi connectivity index (χ0n) is 13.3. The third kappa shape index (κ3) is 4.22. The van der Waals surface area contributed by atoms with E-state index in [2.05, 4.69) is 56.8 Å². The number of likely N-dealkylation sites (N-methyl/N-ethyl adjacent to an activating group) is 2. The Kier molecular flexibility index (Phi) is 6.09. The molecule has 1 aliphatic heterocycles. The minimum atomic E-state index is 0.335. The van der Waals surface area contributed by atoms with Crippen molar-refractivity contribution in [3.05, 3.63) is 0 Å². The lowest BCUT2D eigenvalue weighted by Gasteiger charge is -2.34. The zero-order valence-corrected chi connectivity index (χ0v) is 13.3. The van der Waals surface area contributed by atoms with Gasteiger partial charge in [0.1, 0.15) is 0 Å². The summed E-state index contributed by atoms with van der Waals surface area (Å²) < 4.78 is 0. The van der Waals surface area contributed by atoms with E-state index < -0.39 is 0 Å². The molecule has 0 amide bonds. The quantitative estimate of drug-likeness (QED) is 0.783. The zero-order chi connectivity index (χ0) is 13.8. The molecule has 0 bridgehead atoms. The highest BCUT2D eigenvalue weighted by Crippen LogP contribution is 2.22. The molecule has 1 heterocycles. The summed E-state index contributed by atoms with van der Waals surface area (Å²) in [5.74, 6) is 0. The van der Waals surface area contributed by atoms with Crippen LogP contribution in [0.1, 0.15) is 41.0 Å². The molecule has 0 aliphatic carbocycles. The van der Waals surface area contributed by atoms with Crippen LogP contribution >= 0.6 is 0 Å². The van der Waals surface area contributed by atoms with Crippen LogP contribution in [-0.4, -0.2) is 61.7 Å². The topological polar surface area (TPSA) is 18.5 Å². The molecule has 0 radical (unpaired) electrons. The van der Waals surface area contributed by atoms with Crippen LogP contribution in [0.5, 0.6) is 0 Å². The van der Waals surface area contributed by atoms with Crippen molar-refractivity contribution in [1.82, 2.24) is 15.1 Å². The fourth-order valence-electron chi connectivity index (χ4n) is 3.07. The monoisotopic (exact) mass is 255 g/mol. The van der Waals surface area contributed by atoms with Gasteiger partial charge in [-0.25, -0.2) is 0 Å². The molecule has 3 nitrogen and oxygen atoms in total. The maximum absolute atomic E-state index is 3.49. The molecule has 2 atom stereocenters. The molecule has 1 saturated heterocycles. The highest BCUT2D eigenvalue weighted by molar-refractivity contribution is 4.88. The summed E-state index contributed by atoms with van der Waals surface area (Å²) in [4.78, 5) is 5.24. The van der Waals surface area contributed by atoms with E-state index in [4.69, 9.17) is 0 Å². The van der Waals surface area contributed by atoms with Gasteiger partial charge >= 0.3 is 0 Å². The molecule has 18 heavy (non-hydrogen) atoms. The van der Waals surface area contributed by atoms with Crippen LogP contribution in [-0.2, 0) is 0 Å². The molecule has 0 saturated carbocycles. The van der Waals surface area contributed by atoms with E-state index >= 15 is 0 Å². The van der Waals surface area contributed by atoms with Crippen LogP contribution in [0.25, 0.3) is 0 Å². The summed E-state index contributed by atoms with van der Waals surface area (Å²) in [6.45, 7) is 17.6. The second-order valence-electron chi connectivity index (χ2n) is 6.63. The summed E-state index contributed by atoms with van der Waals surface area (Å²) in [6.07, 6.45) is 1.34. The Bertz CT molecular complexity index is 230. The summed E-state index contributed by atoms with van der Waals surface area (Å²) >= 11 is 0. The van der Waals surface area contributed by atoms with Crippen LogP contribution in [0.3, 0.4) is 0 Å². The van der Waals surface area contributed by atoms with E-state index in [-0.39, 0.29) is 0 Å². The summed E-state index contributed by atoms with van der Waals surface area (Å²) in [7, 11) is 2.09. The number of hydrogen-bond acceptors (Lipinski definition) is 3. The van der Waals surface area contributed by atoms with E-state index in [1.807, 2.05) is 0 Å². The molecule has 1 fully saturated rings. The van der Waals surface area contributed by atoms with Gasteiger partial charge in [0.05, 0.1) is 0 Å². The van der Waals surface area contributed by atoms with Gasteiger partial charge in [-0.05, 0) is 38.5 Å². The predicted octanol–water partition coefficient (Wildman–Crippen LogP) is 2.04. The van der Waals surface area contributed by atoms with Crippen molar-refractivity contribution in [2.75, 3.05) is 39.8 Å². The Labute approximate surface area is 114 Å². The first-order valence-electron chi connectivity index (χ1n) is 7.56. The van der Waals surface area contributed by atoms with Crippen molar-refractivity contribution >= 4 is 0 Å². The van der Waals surface area contributed by atoms with E-state index in [9.17, 15) is 0 Å². The number of rotatable bonds is 6. The maximum Gasteiger partial charge on any atom is 0.0240 e. The Morgan fingerprint density at radius 2 is 1.89 bits per heavy atom. The molecule has 0 aromatic rings. The van der Waals surface area contributed by atoms with Crippen molar-refractivity contribution in [3.8, 4) is 0 Å². The third-order valence-corrected chi connectivity index (χ3v) is 4.41. The summed E-state index contributed by atoms with van der Waals surface area (Å²) in [6, 6.07) is 1.35. The van der Waals surface area contributed by atoms with Crippen LogP contribution in [0.15, 0.2) is 0 Å². The lowest BCUT2D eigenvalue weighted by atomic mass is 9.86. The Balaban J connectivity index is 2.47. The third-order valence-electron chi connectivity index (χ3n) is 4.41. The minimum absolute atomic E-state index is 0.335. The van der Waals surface area contributed by atoms with Crippen LogP contribution in [0.4, 0.5) is 0 Å². The SMILES string of the molecule is CCN(CC)C1CCN(CC(NC)C(C)(C)C)C1. The average Bonchev–Trinajstić information content (AvgIpc) is 2.74. The molecule has 1 rings (SSSR count). The first kappa shape index (κ1) is 15.9. The highest BCUT2D eigenvalue weighted by Gasteiger charge is 2.30. The second kappa shape index (κ2) is 6.88. The van der Waals surface area contributed by atoms with Gasteiger partial charge in [0, 0.05) is 25.2 Å². The molecule has 1 aliphatic rings. The van der Waals surface area contributed by atoms with Gasteiger partial charge < -0.3 is 10.2 Å². The highest BCUT2D eigenvalue weighted by atomic mass is 15.3. The molecule has 1 N–H and O–H groups in total. The van der Waals surface area contributed by atoms with Crippen molar-refractivity contribution in [2.24, 2.45) is 5.41 Å².